The number of pyridine rings is 2. The van der Waals surface area contributed by atoms with Crippen LogP contribution in [0.5, 0.6) is 0 Å². The van der Waals surface area contributed by atoms with Crippen molar-refractivity contribution in [3.8, 4) is 0 Å². The van der Waals surface area contributed by atoms with Crippen LogP contribution in [0, 0.1) is 0 Å². The molecule has 0 saturated heterocycles. The van der Waals surface area contributed by atoms with Crippen molar-refractivity contribution in [1.82, 2.24) is 14.7 Å². The quantitative estimate of drug-likeness (QED) is 0.814. The average Bonchev–Trinajstić information content (AvgIpc) is 2.42. The van der Waals surface area contributed by atoms with Gasteiger partial charge in [0, 0.05) is 35.5 Å². The monoisotopic (exact) mass is 375 g/mol. The maximum absolute atomic E-state index is 12.1. The number of hydrogen-bond acceptors (Lipinski definition) is 4. The van der Waals surface area contributed by atoms with Gasteiger partial charge in [0.2, 0.25) is 10.0 Å². The minimum Gasteiger partial charge on any atom is -0.261 e. The van der Waals surface area contributed by atoms with E-state index in [1.54, 1.807) is 12.3 Å². The smallest absolute Gasteiger partial charge is 0.243 e. The van der Waals surface area contributed by atoms with Gasteiger partial charge in [0.15, 0.2) is 0 Å². The van der Waals surface area contributed by atoms with Crippen molar-refractivity contribution in [3.63, 3.8) is 0 Å². The van der Waals surface area contributed by atoms with Gasteiger partial charge < -0.3 is 0 Å². The van der Waals surface area contributed by atoms with Gasteiger partial charge in [-0.2, -0.15) is 0 Å². The summed E-state index contributed by atoms with van der Waals surface area (Å²) in [5, 5.41) is -0.0569. The second-order valence-electron chi connectivity index (χ2n) is 3.91. The van der Waals surface area contributed by atoms with Gasteiger partial charge in [-0.05, 0) is 34.1 Å². The van der Waals surface area contributed by atoms with Crippen molar-refractivity contribution in [2.24, 2.45) is 0 Å². The standard InChI is InChI=1S/C12H11BrClN3O2S/c13-9-7-11(12(14)16-8-9)20(18,19)17-6-4-10-3-1-2-5-15-10/h1-3,5,7-8,17H,4,6H2. The van der Waals surface area contributed by atoms with Crippen LogP contribution in [0.2, 0.25) is 5.15 Å². The molecule has 20 heavy (non-hydrogen) atoms. The van der Waals surface area contributed by atoms with Crippen LogP contribution in [0.15, 0.2) is 46.0 Å². The first-order valence-corrected chi connectivity index (χ1v) is 8.35. The van der Waals surface area contributed by atoms with E-state index in [9.17, 15) is 8.42 Å². The van der Waals surface area contributed by atoms with E-state index in [1.165, 1.54) is 12.3 Å². The predicted octanol–water partition coefficient (Wildman–Crippen LogP) is 2.41. The molecule has 0 aromatic carbocycles. The lowest BCUT2D eigenvalue weighted by molar-refractivity contribution is 0.581. The lowest BCUT2D eigenvalue weighted by Crippen LogP contribution is -2.26. The van der Waals surface area contributed by atoms with Crippen LogP contribution in [0.1, 0.15) is 5.69 Å². The Balaban J connectivity index is 2.06. The number of nitrogens with one attached hydrogen (secondary N) is 1. The van der Waals surface area contributed by atoms with E-state index in [0.29, 0.717) is 10.9 Å². The summed E-state index contributed by atoms with van der Waals surface area (Å²) in [5.74, 6) is 0. The van der Waals surface area contributed by atoms with Crippen molar-refractivity contribution < 1.29 is 8.42 Å². The SMILES string of the molecule is O=S(=O)(NCCc1ccccn1)c1cc(Br)cnc1Cl. The Morgan fingerprint density at radius 3 is 2.80 bits per heavy atom. The summed E-state index contributed by atoms with van der Waals surface area (Å²) < 4.78 is 27.3. The first-order chi connectivity index (χ1) is 9.49. The van der Waals surface area contributed by atoms with Crippen LogP contribution in [0.4, 0.5) is 0 Å². The van der Waals surface area contributed by atoms with Crippen LogP contribution < -0.4 is 4.72 Å². The molecule has 0 aliphatic carbocycles. The van der Waals surface area contributed by atoms with E-state index in [1.807, 2.05) is 12.1 Å². The van der Waals surface area contributed by atoms with Gasteiger partial charge in [0.05, 0.1) is 0 Å². The van der Waals surface area contributed by atoms with Crippen LogP contribution >= 0.6 is 27.5 Å². The molecule has 0 bridgehead atoms. The molecule has 0 radical (unpaired) electrons. The first kappa shape index (κ1) is 15.4. The zero-order valence-corrected chi connectivity index (χ0v) is 13.4. The molecule has 0 atom stereocenters. The van der Waals surface area contributed by atoms with Gasteiger partial charge in [0.1, 0.15) is 10.0 Å². The largest absolute Gasteiger partial charge is 0.261 e. The molecule has 0 saturated carbocycles. The summed E-state index contributed by atoms with van der Waals surface area (Å²) in [7, 11) is -3.69. The first-order valence-electron chi connectivity index (χ1n) is 5.69. The van der Waals surface area contributed by atoms with Gasteiger partial charge in [-0.15, -0.1) is 0 Å². The molecule has 2 aromatic rings. The molecule has 0 fully saturated rings. The summed E-state index contributed by atoms with van der Waals surface area (Å²) in [4.78, 5) is 7.87. The number of halogens is 2. The van der Waals surface area contributed by atoms with Crippen molar-refractivity contribution in [3.05, 3.63) is 52.0 Å². The van der Waals surface area contributed by atoms with Crippen LogP contribution in [0.25, 0.3) is 0 Å². The summed E-state index contributed by atoms with van der Waals surface area (Å²) in [6.07, 6.45) is 3.60. The normalized spacial score (nSPS) is 11.5. The minimum absolute atomic E-state index is 0.0467. The lowest BCUT2D eigenvalue weighted by atomic mass is 10.3. The zero-order chi connectivity index (χ0) is 14.6. The zero-order valence-electron chi connectivity index (χ0n) is 10.3. The molecule has 0 aliphatic heterocycles. The highest BCUT2D eigenvalue weighted by atomic mass is 79.9. The molecular formula is C12H11BrClN3O2S. The fraction of sp³-hybridized carbons (Fsp3) is 0.167. The molecule has 2 aromatic heterocycles. The van der Waals surface area contributed by atoms with Gasteiger partial charge in [-0.25, -0.2) is 18.1 Å². The fourth-order valence-corrected chi connectivity index (χ4v) is 3.50. The van der Waals surface area contributed by atoms with Gasteiger partial charge in [-0.1, -0.05) is 17.7 Å². The Labute approximate surface area is 130 Å². The van der Waals surface area contributed by atoms with Gasteiger partial charge in [-0.3, -0.25) is 4.98 Å². The Morgan fingerprint density at radius 2 is 2.10 bits per heavy atom. The van der Waals surface area contributed by atoms with Crippen LogP contribution in [-0.4, -0.2) is 24.9 Å². The fourth-order valence-electron chi connectivity index (χ4n) is 1.53. The molecule has 8 heteroatoms. The molecule has 106 valence electrons. The molecule has 0 aliphatic rings. The Bertz CT molecular complexity index is 695. The molecule has 1 N–H and O–H groups in total. The number of hydrogen-bond donors (Lipinski definition) is 1. The summed E-state index contributed by atoms with van der Waals surface area (Å²) >= 11 is 8.98. The number of rotatable bonds is 5. The second-order valence-corrected chi connectivity index (χ2v) is 6.92. The van der Waals surface area contributed by atoms with Crippen molar-refractivity contribution in [2.45, 2.75) is 11.3 Å². The third kappa shape index (κ3) is 3.99. The van der Waals surface area contributed by atoms with Crippen molar-refractivity contribution >= 4 is 37.6 Å². The topological polar surface area (TPSA) is 72.0 Å². The van der Waals surface area contributed by atoms with E-state index < -0.39 is 10.0 Å². The van der Waals surface area contributed by atoms with Gasteiger partial charge in [0.25, 0.3) is 0 Å². The third-order valence-corrected chi connectivity index (χ3v) is 4.78. The summed E-state index contributed by atoms with van der Waals surface area (Å²) in [5.41, 5.74) is 0.814. The van der Waals surface area contributed by atoms with E-state index in [2.05, 4.69) is 30.6 Å². The number of aromatic nitrogens is 2. The molecule has 0 unspecified atom stereocenters. The van der Waals surface area contributed by atoms with Crippen molar-refractivity contribution in [2.75, 3.05) is 6.54 Å². The van der Waals surface area contributed by atoms with E-state index in [0.717, 1.165) is 5.69 Å². The molecule has 2 rings (SSSR count). The highest BCUT2D eigenvalue weighted by Gasteiger charge is 2.18. The Morgan fingerprint density at radius 1 is 1.30 bits per heavy atom. The highest BCUT2D eigenvalue weighted by Crippen LogP contribution is 2.22. The lowest BCUT2D eigenvalue weighted by Gasteiger charge is -2.08. The molecule has 2 heterocycles. The van der Waals surface area contributed by atoms with Gasteiger partial charge >= 0.3 is 0 Å². The van der Waals surface area contributed by atoms with E-state index in [4.69, 9.17) is 11.6 Å². The molecule has 5 nitrogen and oxygen atoms in total. The van der Waals surface area contributed by atoms with Crippen LogP contribution in [-0.2, 0) is 16.4 Å². The van der Waals surface area contributed by atoms with E-state index in [-0.39, 0.29) is 16.6 Å². The maximum atomic E-state index is 12.1. The average molecular weight is 377 g/mol. The predicted molar refractivity (Wildman–Crippen MR) is 80.1 cm³/mol. The van der Waals surface area contributed by atoms with Crippen LogP contribution in [0.3, 0.4) is 0 Å². The highest BCUT2D eigenvalue weighted by molar-refractivity contribution is 9.10. The summed E-state index contributed by atoms with van der Waals surface area (Å²) in [6.45, 7) is 0.238. The van der Waals surface area contributed by atoms with Crippen molar-refractivity contribution in [1.29, 1.82) is 0 Å². The number of sulfonamides is 1. The van der Waals surface area contributed by atoms with E-state index >= 15 is 0 Å². The second kappa shape index (κ2) is 6.62. The Hall–Kier alpha value is -1.02. The maximum Gasteiger partial charge on any atom is 0.243 e. The molecule has 0 amide bonds. The summed E-state index contributed by atoms with van der Waals surface area (Å²) in [6, 6.07) is 6.91. The molecule has 0 spiro atoms. The minimum atomic E-state index is -3.69. The number of nitrogens with zero attached hydrogens (tertiary/aromatic N) is 2. The molecular weight excluding hydrogens is 366 g/mol. The Kier molecular flexibility index (Phi) is 5.09. The third-order valence-electron chi connectivity index (χ3n) is 2.46.